The lowest BCUT2D eigenvalue weighted by atomic mass is 10.1. The van der Waals surface area contributed by atoms with Gasteiger partial charge in [0, 0.05) is 13.6 Å². The van der Waals surface area contributed by atoms with Gasteiger partial charge in [-0.25, -0.2) is 0 Å². The normalized spacial score (nSPS) is 10.2. The molecule has 0 bridgehead atoms. The van der Waals surface area contributed by atoms with Gasteiger partial charge in [0.05, 0.1) is 24.1 Å². The summed E-state index contributed by atoms with van der Waals surface area (Å²) < 4.78 is 5.33. The molecule has 1 heterocycles. The van der Waals surface area contributed by atoms with E-state index in [4.69, 9.17) is 4.42 Å². The van der Waals surface area contributed by atoms with Crippen LogP contribution < -0.4 is 10.2 Å². The molecule has 0 radical (unpaired) electrons. The summed E-state index contributed by atoms with van der Waals surface area (Å²) in [7, 11) is 3.85. The minimum absolute atomic E-state index is 0.646. The van der Waals surface area contributed by atoms with Crippen molar-refractivity contribution in [1.82, 2.24) is 5.32 Å². The summed E-state index contributed by atoms with van der Waals surface area (Å²) in [5, 5.41) is 12.3. The second kappa shape index (κ2) is 6.07. The van der Waals surface area contributed by atoms with E-state index in [1.165, 1.54) is 0 Å². The van der Waals surface area contributed by atoms with Crippen LogP contribution in [0.2, 0.25) is 0 Å². The fraction of sp³-hybridized carbons (Fsp3) is 0.267. The maximum Gasteiger partial charge on any atom is 0.123 e. The molecule has 0 aliphatic heterocycles. The first-order chi connectivity index (χ1) is 9.24. The van der Waals surface area contributed by atoms with Gasteiger partial charge in [-0.1, -0.05) is 6.07 Å². The third kappa shape index (κ3) is 3.15. The second-order valence-electron chi connectivity index (χ2n) is 4.43. The SMILES string of the molecule is CNCc1ccc(N(C)Cc2ccco2)c(C#N)c1. The van der Waals surface area contributed by atoms with E-state index in [-0.39, 0.29) is 0 Å². The lowest BCUT2D eigenvalue weighted by Crippen LogP contribution is -2.17. The van der Waals surface area contributed by atoms with Crippen LogP contribution in [0.3, 0.4) is 0 Å². The number of furan rings is 1. The van der Waals surface area contributed by atoms with Gasteiger partial charge in [0.1, 0.15) is 11.8 Å². The van der Waals surface area contributed by atoms with E-state index in [2.05, 4.69) is 11.4 Å². The highest BCUT2D eigenvalue weighted by molar-refractivity contribution is 5.60. The van der Waals surface area contributed by atoms with Crippen molar-refractivity contribution in [3.05, 3.63) is 53.5 Å². The van der Waals surface area contributed by atoms with E-state index in [0.29, 0.717) is 12.1 Å². The molecule has 0 unspecified atom stereocenters. The number of hydrogen-bond donors (Lipinski definition) is 1. The number of nitrogens with one attached hydrogen (secondary N) is 1. The Balaban J connectivity index is 2.21. The van der Waals surface area contributed by atoms with Gasteiger partial charge in [-0.05, 0) is 36.9 Å². The quantitative estimate of drug-likeness (QED) is 0.892. The predicted octanol–water partition coefficient (Wildman–Crippen LogP) is 2.51. The van der Waals surface area contributed by atoms with Crippen molar-refractivity contribution < 1.29 is 4.42 Å². The Morgan fingerprint density at radius 3 is 2.84 bits per heavy atom. The Kier molecular flexibility index (Phi) is 4.22. The maximum absolute atomic E-state index is 9.27. The van der Waals surface area contributed by atoms with Gasteiger partial charge in [-0.2, -0.15) is 5.26 Å². The van der Waals surface area contributed by atoms with Crippen molar-refractivity contribution >= 4 is 5.69 Å². The van der Waals surface area contributed by atoms with Gasteiger partial charge in [0.2, 0.25) is 0 Å². The number of nitriles is 1. The summed E-state index contributed by atoms with van der Waals surface area (Å²) in [4.78, 5) is 2.01. The van der Waals surface area contributed by atoms with Crippen LogP contribution in [0.15, 0.2) is 41.0 Å². The molecular weight excluding hydrogens is 238 g/mol. The number of anilines is 1. The molecule has 0 aliphatic carbocycles. The fourth-order valence-electron chi connectivity index (χ4n) is 2.04. The first-order valence-corrected chi connectivity index (χ1v) is 6.15. The van der Waals surface area contributed by atoms with Crippen LogP contribution in [0.4, 0.5) is 5.69 Å². The second-order valence-corrected chi connectivity index (χ2v) is 4.43. The molecule has 0 fully saturated rings. The Morgan fingerprint density at radius 1 is 1.37 bits per heavy atom. The summed E-state index contributed by atoms with van der Waals surface area (Å²) >= 11 is 0. The van der Waals surface area contributed by atoms with Gasteiger partial charge in [0.25, 0.3) is 0 Å². The van der Waals surface area contributed by atoms with Gasteiger partial charge in [-0.3, -0.25) is 0 Å². The Morgan fingerprint density at radius 2 is 2.21 bits per heavy atom. The molecule has 4 nitrogen and oxygen atoms in total. The zero-order valence-corrected chi connectivity index (χ0v) is 11.2. The molecule has 0 amide bonds. The van der Waals surface area contributed by atoms with Gasteiger partial charge >= 0.3 is 0 Å². The van der Waals surface area contributed by atoms with E-state index in [9.17, 15) is 5.26 Å². The average molecular weight is 255 g/mol. The lowest BCUT2D eigenvalue weighted by Gasteiger charge is -2.19. The fourth-order valence-corrected chi connectivity index (χ4v) is 2.04. The van der Waals surface area contributed by atoms with E-state index in [1.54, 1.807) is 6.26 Å². The van der Waals surface area contributed by atoms with E-state index in [0.717, 1.165) is 23.6 Å². The monoisotopic (exact) mass is 255 g/mol. The van der Waals surface area contributed by atoms with Crippen LogP contribution in [-0.4, -0.2) is 14.1 Å². The number of benzene rings is 1. The van der Waals surface area contributed by atoms with E-state index >= 15 is 0 Å². The van der Waals surface area contributed by atoms with Crippen molar-refractivity contribution in [2.45, 2.75) is 13.1 Å². The van der Waals surface area contributed by atoms with Gasteiger partial charge in [-0.15, -0.1) is 0 Å². The zero-order valence-electron chi connectivity index (χ0n) is 11.2. The molecule has 1 aromatic carbocycles. The summed E-state index contributed by atoms with van der Waals surface area (Å²) in [5.74, 6) is 0.880. The molecule has 2 rings (SSSR count). The Hall–Kier alpha value is -2.25. The maximum atomic E-state index is 9.27. The largest absolute Gasteiger partial charge is 0.467 e. The molecule has 0 spiro atoms. The third-order valence-corrected chi connectivity index (χ3v) is 2.95. The Labute approximate surface area is 113 Å². The smallest absolute Gasteiger partial charge is 0.123 e. The van der Waals surface area contributed by atoms with Crippen LogP contribution in [-0.2, 0) is 13.1 Å². The molecule has 0 saturated heterocycles. The molecule has 2 aromatic rings. The van der Waals surface area contributed by atoms with Crippen molar-refractivity contribution in [3.8, 4) is 6.07 Å². The van der Waals surface area contributed by atoms with Crippen molar-refractivity contribution in [2.24, 2.45) is 0 Å². The molecule has 19 heavy (non-hydrogen) atoms. The van der Waals surface area contributed by atoms with Gasteiger partial charge in [0.15, 0.2) is 0 Å². The Bertz CT molecular complexity index is 570. The molecule has 1 N–H and O–H groups in total. The summed E-state index contributed by atoms with van der Waals surface area (Å²) in [5.41, 5.74) is 2.70. The molecule has 0 aliphatic rings. The van der Waals surface area contributed by atoms with Crippen LogP contribution in [0.1, 0.15) is 16.9 Å². The highest BCUT2D eigenvalue weighted by Crippen LogP contribution is 2.22. The first-order valence-electron chi connectivity index (χ1n) is 6.15. The standard InChI is InChI=1S/C15H17N3O/c1-17-10-12-5-6-15(13(8-12)9-16)18(2)11-14-4-3-7-19-14/h3-8,17H,10-11H2,1-2H3. The molecule has 0 saturated carbocycles. The summed E-state index contributed by atoms with van der Waals surface area (Å²) in [6, 6.07) is 12.0. The first kappa shape index (κ1) is 13.2. The minimum Gasteiger partial charge on any atom is -0.467 e. The molecule has 4 heteroatoms. The van der Waals surface area contributed by atoms with Crippen LogP contribution in [0, 0.1) is 11.3 Å². The molecule has 1 aromatic heterocycles. The van der Waals surface area contributed by atoms with Crippen LogP contribution in [0.5, 0.6) is 0 Å². The van der Waals surface area contributed by atoms with Crippen molar-refractivity contribution in [3.63, 3.8) is 0 Å². The highest BCUT2D eigenvalue weighted by atomic mass is 16.3. The molecule has 98 valence electrons. The van der Waals surface area contributed by atoms with E-state index < -0.39 is 0 Å². The van der Waals surface area contributed by atoms with Crippen LogP contribution >= 0.6 is 0 Å². The number of rotatable bonds is 5. The molecule has 0 atom stereocenters. The summed E-state index contributed by atoms with van der Waals surface area (Å²) in [6.07, 6.45) is 1.66. The number of hydrogen-bond acceptors (Lipinski definition) is 4. The predicted molar refractivity (Wildman–Crippen MR) is 74.7 cm³/mol. The summed E-state index contributed by atoms with van der Waals surface area (Å²) in [6.45, 7) is 1.41. The average Bonchev–Trinajstić information content (AvgIpc) is 2.91. The topological polar surface area (TPSA) is 52.2 Å². The third-order valence-electron chi connectivity index (χ3n) is 2.95. The highest BCUT2D eigenvalue weighted by Gasteiger charge is 2.09. The number of nitrogens with zero attached hydrogens (tertiary/aromatic N) is 2. The van der Waals surface area contributed by atoms with Crippen molar-refractivity contribution in [2.75, 3.05) is 19.0 Å². The van der Waals surface area contributed by atoms with Crippen LogP contribution in [0.25, 0.3) is 0 Å². The molecular formula is C15H17N3O. The van der Waals surface area contributed by atoms with Crippen molar-refractivity contribution in [1.29, 1.82) is 5.26 Å². The van der Waals surface area contributed by atoms with Gasteiger partial charge < -0.3 is 14.6 Å². The lowest BCUT2D eigenvalue weighted by molar-refractivity contribution is 0.507. The minimum atomic E-state index is 0.646. The zero-order chi connectivity index (χ0) is 13.7. The van der Waals surface area contributed by atoms with E-state index in [1.807, 2.05) is 49.3 Å².